The van der Waals surface area contributed by atoms with E-state index in [4.69, 9.17) is 30.2 Å². The van der Waals surface area contributed by atoms with E-state index in [9.17, 15) is 19.8 Å². The van der Waals surface area contributed by atoms with Crippen molar-refractivity contribution in [1.29, 1.82) is 0 Å². The fraction of sp³-hybridized carbons (Fsp3) is 0.154. The molecule has 0 saturated carbocycles. The minimum Gasteiger partial charge on any atom is -0.507 e. The molecule has 2 heterocycles. The molecule has 9 heteroatoms. The molecular formula is C26H19ClO8. The molecule has 3 aromatic carbocycles. The van der Waals surface area contributed by atoms with E-state index in [1.54, 1.807) is 36.4 Å². The van der Waals surface area contributed by atoms with Crippen molar-refractivity contribution in [3.63, 3.8) is 0 Å². The average Bonchev–Trinajstić information content (AvgIpc) is 2.84. The van der Waals surface area contributed by atoms with Gasteiger partial charge in [0.1, 0.15) is 28.7 Å². The van der Waals surface area contributed by atoms with Crippen molar-refractivity contribution in [2.45, 2.75) is 12.3 Å². The fourth-order valence-electron chi connectivity index (χ4n) is 4.36. The second-order valence-electron chi connectivity index (χ2n) is 8.00. The van der Waals surface area contributed by atoms with Crippen LogP contribution in [0.15, 0.2) is 57.9 Å². The first-order valence-corrected chi connectivity index (χ1v) is 10.9. The fourth-order valence-corrected chi connectivity index (χ4v) is 4.49. The third-order valence-corrected chi connectivity index (χ3v) is 6.28. The minimum atomic E-state index is -0.637. The van der Waals surface area contributed by atoms with Crippen LogP contribution in [0.5, 0.6) is 28.7 Å². The maximum atomic E-state index is 13.4. The number of phenolic OH excluding ortho intramolecular Hbond substituents is 2. The van der Waals surface area contributed by atoms with Gasteiger partial charge in [0.25, 0.3) is 0 Å². The monoisotopic (exact) mass is 494 g/mol. The third kappa shape index (κ3) is 3.72. The summed E-state index contributed by atoms with van der Waals surface area (Å²) in [6.07, 6.45) is 1.23. The highest BCUT2D eigenvalue weighted by atomic mass is 35.5. The molecule has 0 fully saturated rings. The Balaban J connectivity index is 1.77. The summed E-state index contributed by atoms with van der Waals surface area (Å²) in [5.41, 5.74) is 1.41. The van der Waals surface area contributed by atoms with E-state index in [0.717, 1.165) is 0 Å². The van der Waals surface area contributed by atoms with Gasteiger partial charge in [0.05, 0.1) is 26.2 Å². The SMILES string of the molecule is COc1cc([C@H]2CC(=O)Oc3cc(O)c4c(=O)c(-c5ccc(Cl)cc5)coc4c32)cc(OC)c1O. The summed E-state index contributed by atoms with van der Waals surface area (Å²) >= 11 is 5.96. The molecule has 0 spiro atoms. The number of carbonyl (C=O) groups excluding carboxylic acids is 1. The molecular weight excluding hydrogens is 476 g/mol. The van der Waals surface area contributed by atoms with Crippen LogP contribution in [-0.2, 0) is 4.79 Å². The smallest absolute Gasteiger partial charge is 0.312 e. The molecule has 1 aromatic heterocycles. The molecule has 0 bridgehead atoms. The predicted octanol–water partition coefficient (Wildman–Crippen LogP) is 4.98. The minimum absolute atomic E-state index is 0.0446. The van der Waals surface area contributed by atoms with Gasteiger partial charge >= 0.3 is 5.97 Å². The van der Waals surface area contributed by atoms with Crippen molar-refractivity contribution in [3.8, 4) is 39.9 Å². The van der Waals surface area contributed by atoms with Crippen LogP contribution in [0.25, 0.3) is 22.1 Å². The van der Waals surface area contributed by atoms with Crippen molar-refractivity contribution in [2.24, 2.45) is 0 Å². The first-order valence-electron chi connectivity index (χ1n) is 10.5. The van der Waals surface area contributed by atoms with Crippen LogP contribution in [0, 0.1) is 0 Å². The van der Waals surface area contributed by atoms with Gasteiger partial charge < -0.3 is 28.8 Å². The molecule has 1 atom stereocenters. The molecule has 0 radical (unpaired) electrons. The number of esters is 1. The Bertz CT molecular complexity index is 1510. The number of aromatic hydroxyl groups is 2. The molecule has 4 aromatic rings. The van der Waals surface area contributed by atoms with Crippen LogP contribution in [0.1, 0.15) is 23.5 Å². The van der Waals surface area contributed by atoms with Crippen LogP contribution >= 0.6 is 11.6 Å². The summed E-state index contributed by atoms with van der Waals surface area (Å²) in [5, 5.41) is 21.5. The number of hydrogen-bond acceptors (Lipinski definition) is 8. The summed E-state index contributed by atoms with van der Waals surface area (Å²) < 4.78 is 21.8. The van der Waals surface area contributed by atoms with Crippen molar-refractivity contribution in [3.05, 3.63) is 75.1 Å². The summed E-state index contributed by atoms with van der Waals surface area (Å²) in [5.74, 6) is -1.37. The van der Waals surface area contributed by atoms with E-state index in [1.807, 2.05) is 0 Å². The standard InChI is InChI=1S/C26H19ClO8/c1-32-19-7-13(8-20(33-2)25(19)31)15-9-21(29)35-18-10-17(28)23-24(30)16(11-34-26(23)22(15)18)12-3-5-14(27)6-4-12/h3-8,10-11,15,28,31H,9H2,1-2H3/t15-/m1/s1. The van der Waals surface area contributed by atoms with Gasteiger partial charge in [-0.15, -0.1) is 0 Å². The summed E-state index contributed by atoms with van der Waals surface area (Å²) in [4.78, 5) is 25.9. The number of hydrogen-bond donors (Lipinski definition) is 2. The maximum Gasteiger partial charge on any atom is 0.312 e. The van der Waals surface area contributed by atoms with Crippen molar-refractivity contribution in [2.75, 3.05) is 14.2 Å². The van der Waals surface area contributed by atoms with Gasteiger partial charge in [-0.2, -0.15) is 0 Å². The van der Waals surface area contributed by atoms with Gasteiger partial charge in [-0.3, -0.25) is 9.59 Å². The van der Waals surface area contributed by atoms with E-state index in [-0.39, 0.29) is 51.7 Å². The molecule has 1 aliphatic heterocycles. The average molecular weight is 495 g/mol. The number of halogens is 1. The van der Waals surface area contributed by atoms with Gasteiger partial charge in [0, 0.05) is 22.6 Å². The van der Waals surface area contributed by atoms with Crippen molar-refractivity contribution >= 4 is 28.5 Å². The van der Waals surface area contributed by atoms with Crippen LogP contribution in [0.2, 0.25) is 5.02 Å². The zero-order valence-corrected chi connectivity index (χ0v) is 19.4. The molecule has 0 aliphatic carbocycles. The summed E-state index contributed by atoms with van der Waals surface area (Å²) in [6.45, 7) is 0. The van der Waals surface area contributed by atoms with Gasteiger partial charge in [-0.05, 0) is 35.4 Å². The largest absolute Gasteiger partial charge is 0.507 e. The highest BCUT2D eigenvalue weighted by Crippen LogP contribution is 2.48. The zero-order valence-electron chi connectivity index (χ0n) is 18.6. The molecule has 1 aliphatic rings. The Labute approximate surface area is 203 Å². The van der Waals surface area contributed by atoms with Crippen LogP contribution in [0.4, 0.5) is 0 Å². The predicted molar refractivity (Wildman–Crippen MR) is 128 cm³/mol. The molecule has 178 valence electrons. The van der Waals surface area contributed by atoms with E-state index in [1.165, 1.54) is 26.5 Å². The number of rotatable bonds is 4. The van der Waals surface area contributed by atoms with E-state index in [2.05, 4.69) is 0 Å². The first kappa shape index (κ1) is 22.6. The van der Waals surface area contributed by atoms with Gasteiger partial charge in [-0.1, -0.05) is 23.7 Å². The van der Waals surface area contributed by atoms with Crippen molar-refractivity contribution in [1.82, 2.24) is 0 Å². The quantitative estimate of drug-likeness (QED) is 0.301. The third-order valence-electron chi connectivity index (χ3n) is 6.03. The first-order chi connectivity index (χ1) is 16.8. The van der Waals surface area contributed by atoms with Crippen LogP contribution in [-0.4, -0.2) is 30.4 Å². The van der Waals surface area contributed by atoms with E-state index < -0.39 is 17.3 Å². The molecule has 8 nitrogen and oxygen atoms in total. The number of benzene rings is 3. The second-order valence-corrected chi connectivity index (χ2v) is 8.44. The highest BCUT2D eigenvalue weighted by molar-refractivity contribution is 6.30. The lowest BCUT2D eigenvalue weighted by molar-refractivity contribution is -0.135. The topological polar surface area (TPSA) is 115 Å². The number of fused-ring (bicyclic) bond motifs is 3. The van der Waals surface area contributed by atoms with Gasteiger partial charge in [0.15, 0.2) is 11.5 Å². The van der Waals surface area contributed by atoms with Gasteiger partial charge in [0.2, 0.25) is 11.2 Å². The molecule has 35 heavy (non-hydrogen) atoms. The van der Waals surface area contributed by atoms with Crippen LogP contribution in [0.3, 0.4) is 0 Å². The highest BCUT2D eigenvalue weighted by Gasteiger charge is 2.34. The number of ether oxygens (including phenoxy) is 3. The van der Waals surface area contributed by atoms with E-state index >= 15 is 0 Å². The zero-order chi connectivity index (χ0) is 24.9. The normalized spacial score (nSPS) is 14.9. The molecule has 0 saturated heterocycles. The second kappa shape index (κ2) is 8.56. The number of methoxy groups -OCH3 is 2. The molecule has 0 unspecified atom stereocenters. The van der Waals surface area contributed by atoms with Crippen LogP contribution < -0.4 is 19.6 Å². The lowest BCUT2D eigenvalue weighted by Crippen LogP contribution is -2.22. The Morgan fingerprint density at radius 3 is 2.29 bits per heavy atom. The Kier molecular flexibility index (Phi) is 5.53. The molecule has 2 N–H and O–H groups in total. The number of phenols is 2. The van der Waals surface area contributed by atoms with Crippen molar-refractivity contribution < 1.29 is 33.6 Å². The Morgan fingerprint density at radius 2 is 1.66 bits per heavy atom. The van der Waals surface area contributed by atoms with E-state index in [0.29, 0.717) is 21.7 Å². The maximum absolute atomic E-state index is 13.4. The summed E-state index contributed by atoms with van der Waals surface area (Å²) in [6, 6.07) is 11.0. The summed E-state index contributed by atoms with van der Waals surface area (Å²) in [7, 11) is 2.79. The molecule has 0 amide bonds. The number of carbonyl (C=O) groups is 1. The Morgan fingerprint density at radius 1 is 1.00 bits per heavy atom. The lowest BCUT2D eigenvalue weighted by atomic mass is 9.84. The Hall–Kier alpha value is -4.17. The lowest BCUT2D eigenvalue weighted by Gasteiger charge is -2.26. The van der Waals surface area contributed by atoms with Gasteiger partial charge in [-0.25, -0.2) is 0 Å². The molecule has 5 rings (SSSR count).